The molecule has 1 aromatic heterocycles. The summed E-state index contributed by atoms with van der Waals surface area (Å²) in [5.74, 6) is 0.850. The number of aryl methyl sites for hydroxylation is 1. The molecular formula is C13H18N4O. The van der Waals surface area contributed by atoms with Gasteiger partial charge >= 0.3 is 0 Å². The summed E-state index contributed by atoms with van der Waals surface area (Å²) in [5.41, 5.74) is 2.08. The summed E-state index contributed by atoms with van der Waals surface area (Å²) in [5, 5.41) is 11.5. The van der Waals surface area contributed by atoms with Crippen LogP contribution >= 0.6 is 0 Å². The van der Waals surface area contributed by atoms with Crippen LogP contribution in [0.5, 0.6) is 0 Å². The van der Waals surface area contributed by atoms with E-state index in [0.717, 1.165) is 17.1 Å². The molecule has 1 heterocycles. The molecular weight excluding hydrogens is 228 g/mol. The van der Waals surface area contributed by atoms with E-state index in [1.807, 2.05) is 35.9 Å². The van der Waals surface area contributed by atoms with E-state index in [0.29, 0.717) is 6.61 Å². The van der Waals surface area contributed by atoms with E-state index in [-0.39, 0.29) is 6.04 Å². The number of hydrogen-bond donors (Lipinski definition) is 1. The molecule has 1 N–H and O–H groups in total. The zero-order valence-electron chi connectivity index (χ0n) is 10.9. The highest BCUT2D eigenvalue weighted by molar-refractivity contribution is 5.73. The molecule has 1 unspecified atom stereocenters. The van der Waals surface area contributed by atoms with Crippen molar-refractivity contribution < 1.29 is 4.74 Å². The van der Waals surface area contributed by atoms with Gasteiger partial charge in [0.15, 0.2) is 5.82 Å². The SMILES string of the molecule is COCC(C)Nc1ccccc1-c1nncn1C. The third-order valence-corrected chi connectivity index (χ3v) is 2.70. The van der Waals surface area contributed by atoms with Crippen molar-refractivity contribution >= 4 is 5.69 Å². The van der Waals surface area contributed by atoms with Crippen LogP contribution < -0.4 is 5.32 Å². The molecule has 1 atom stereocenters. The van der Waals surface area contributed by atoms with Gasteiger partial charge in [0.05, 0.1) is 6.61 Å². The Morgan fingerprint density at radius 3 is 2.83 bits per heavy atom. The second-order valence-electron chi connectivity index (χ2n) is 4.31. The first-order chi connectivity index (χ1) is 8.72. The van der Waals surface area contributed by atoms with Gasteiger partial charge in [-0.3, -0.25) is 0 Å². The van der Waals surface area contributed by atoms with Crippen LogP contribution in [0.4, 0.5) is 5.69 Å². The van der Waals surface area contributed by atoms with Crippen molar-refractivity contribution in [2.45, 2.75) is 13.0 Å². The first-order valence-corrected chi connectivity index (χ1v) is 5.91. The van der Waals surface area contributed by atoms with Crippen LogP contribution in [0.25, 0.3) is 11.4 Å². The maximum absolute atomic E-state index is 5.13. The fourth-order valence-corrected chi connectivity index (χ4v) is 1.89. The van der Waals surface area contributed by atoms with Crippen molar-refractivity contribution in [1.82, 2.24) is 14.8 Å². The Morgan fingerprint density at radius 1 is 1.39 bits per heavy atom. The molecule has 1 aromatic carbocycles. The topological polar surface area (TPSA) is 52.0 Å². The van der Waals surface area contributed by atoms with Gasteiger partial charge in [-0.2, -0.15) is 0 Å². The number of methoxy groups -OCH3 is 1. The summed E-state index contributed by atoms with van der Waals surface area (Å²) < 4.78 is 7.04. The Kier molecular flexibility index (Phi) is 3.94. The molecule has 0 amide bonds. The highest BCUT2D eigenvalue weighted by atomic mass is 16.5. The number of nitrogens with zero attached hydrogens (tertiary/aromatic N) is 3. The Morgan fingerprint density at radius 2 is 2.17 bits per heavy atom. The lowest BCUT2D eigenvalue weighted by Gasteiger charge is -2.17. The van der Waals surface area contributed by atoms with Crippen LogP contribution in [0, 0.1) is 0 Å². The smallest absolute Gasteiger partial charge is 0.165 e. The van der Waals surface area contributed by atoms with Gasteiger partial charge in [0.25, 0.3) is 0 Å². The van der Waals surface area contributed by atoms with Crippen molar-refractivity contribution in [3.8, 4) is 11.4 Å². The fourth-order valence-electron chi connectivity index (χ4n) is 1.89. The largest absolute Gasteiger partial charge is 0.383 e. The third-order valence-electron chi connectivity index (χ3n) is 2.70. The molecule has 0 aliphatic rings. The van der Waals surface area contributed by atoms with Crippen molar-refractivity contribution in [1.29, 1.82) is 0 Å². The second-order valence-corrected chi connectivity index (χ2v) is 4.31. The quantitative estimate of drug-likeness (QED) is 0.875. The highest BCUT2D eigenvalue weighted by Gasteiger charge is 2.11. The van der Waals surface area contributed by atoms with E-state index in [9.17, 15) is 0 Å². The molecule has 2 aromatic rings. The summed E-state index contributed by atoms with van der Waals surface area (Å²) in [4.78, 5) is 0. The lowest BCUT2D eigenvalue weighted by molar-refractivity contribution is 0.190. The van der Waals surface area contributed by atoms with Crippen molar-refractivity contribution in [3.05, 3.63) is 30.6 Å². The average molecular weight is 246 g/mol. The van der Waals surface area contributed by atoms with Crippen LogP contribution in [0.2, 0.25) is 0 Å². The van der Waals surface area contributed by atoms with E-state index in [1.165, 1.54) is 0 Å². The van der Waals surface area contributed by atoms with E-state index < -0.39 is 0 Å². The number of aromatic nitrogens is 3. The standard InChI is InChI=1S/C13H18N4O/c1-10(8-18-3)15-12-7-5-4-6-11(12)13-16-14-9-17(13)2/h4-7,9-10,15H,8H2,1-3H3. The van der Waals surface area contributed by atoms with Crippen molar-refractivity contribution in [2.24, 2.45) is 7.05 Å². The molecule has 0 saturated carbocycles. The molecule has 0 radical (unpaired) electrons. The van der Waals surface area contributed by atoms with Crippen LogP contribution in [0.3, 0.4) is 0 Å². The molecule has 5 heteroatoms. The van der Waals surface area contributed by atoms with E-state index in [4.69, 9.17) is 4.74 Å². The molecule has 0 spiro atoms. The minimum Gasteiger partial charge on any atom is -0.383 e. The molecule has 0 aliphatic heterocycles. The summed E-state index contributed by atoms with van der Waals surface area (Å²) in [7, 11) is 3.64. The molecule has 0 fully saturated rings. The predicted molar refractivity (Wildman–Crippen MR) is 71.4 cm³/mol. The Labute approximate surface area is 107 Å². The van der Waals surface area contributed by atoms with Crippen LogP contribution in [0.15, 0.2) is 30.6 Å². The molecule has 5 nitrogen and oxygen atoms in total. The maximum Gasteiger partial charge on any atom is 0.165 e. The molecule has 0 aliphatic carbocycles. The maximum atomic E-state index is 5.13. The number of para-hydroxylation sites is 1. The summed E-state index contributed by atoms with van der Waals surface area (Å²) in [6.45, 7) is 2.74. The number of nitrogens with one attached hydrogen (secondary N) is 1. The average Bonchev–Trinajstić information content (AvgIpc) is 2.76. The van der Waals surface area contributed by atoms with Gasteiger partial charge < -0.3 is 14.6 Å². The summed E-state index contributed by atoms with van der Waals surface area (Å²) >= 11 is 0. The molecule has 2 rings (SSSR count). The van der Waals surface area contributed by atoms with Gasteiger partial charge in [0.2, 0.25) is 0 Å². The van der Waals surface area contributed by atoms with Crippen LogP contribution in [0.1, 0.15) is 6.92 Å². The Bertz CT molecular complexity index is 509. The van der Waals surface area contributed by atoms with Crippen molar-refractivity contribution in [2.75, 3.05) is 19.0 Å². The van der Waals surface area contributed by atoms with Gasteiger partial charge in [0, 0.05) is 31.5 Å². The van der Waals surface area contributed by atoms with Crippen molar-refractivity contribution in [3.63, 3.8) is 0 Å². The number of anilines is 1. The van der Waals surface area contributed by atoms with Crippen LogP contribution in [-0.2, 0) is 11.8 Å². The predicted octanol–water partition coefficient (Wildman–Crippen LogP) is 1.93. The zero-order valence-corrected chi connectivity index (χ0v) is 10.9. The van der Waals surface area contributed by atoms with Gasteiger partial charge in [-0.1, -0.05) is 12.1 Å². The molecule has 18 heavy (non-hydrogen) atoms. The lowest BCUT2D eigenvalue weighted by atomic mass is 10.1. The minimum atomic E-state index is 0.240. The number of rotatable bonds is 5. The molecule has 0 saturated heterocycles. The van der Waals surface area contributed by atoms with E-state index in [1.54, 1.807) is 13.4 Å². The zero-order chi connectivity index (χ0) is 13.0. The highest BCUT2D eigenvalue weighted by Crippen LogP contribution is 2.25. The van der Waals surface area contributed by atoms with Gasteiger partial charge in [-0.15, -0.1) is 10.2 Å². The Balaban J connectivity index is 2.29. The molecule has 0 bridgehead atoms. The fraction of sp³-hybridized carbons (Fsp3) is 0.385. The van der Waals surface area contributed by atoms with Gasteiger partial charge in [-0.25, -0.2) is 0 Å². The van der Waals surface area contributed by atoms with E-state index in [2.05, 4.69) is 22.4 Å². The van der Waals surface area contributed by atoms with Crippen LogP contribution in [-0.4, -0.2) is 34.5 Å². The first kappa shape index (κ1) is 12.6. The third kappa shape index (κ3) is 2.68. The first-order valence-electron chi connectivity index (χ1n) is 5.91. The minimum absolute atomic E-state index is 0.240. The number of hydrogen-bond acceptors (Lipinski definition) is 4. The normalized spacial score (nSPS) is 12.4. The van der Waals surface area contributed by atoms with Gasteiger partial charge in [0.1, 0.15) is 6.33 Å². The Hall–Kier alpha value is -1.88. The van der Waals surface area contributed by atoms with Gasteiger partial charge in [-0.05, 0) is 19.1 Å². The number of ether oxygens (including phenoxy) is 1. The summed E-state index contributed by atoms with van der Waals surface area (Å²) in [6.07, 6.45) is 1.70. The number of benzene rings is 1. The lowest BCUT2D eigenvalue weighted by Crippen LogP contribution is -2.21. The van der Waals surface area contributed by atoms with E-state index >= 15 is 0 Å². The molecule has 96 valence electrons. The monoisotopic (exact) mass is 246 g/mol. The second kappa shape index (κ2) is 5.64. The summed E-state index contributed by atoms with van der Waals surface area (Å²) in [6, 6.07) is 8.31.